The molecule has 2 rings (SSSR count). The maximum absolute atomic E-state index is 5.97. The summed E-state index contributed by atoms with van der Waals surface area (Å²) in [7, 11) is 0. The van der Waals surface area contributed by atoms with Crippen LogP contribution in [-0.2, 0) is 6.61 Å². The summed E-state index contributed by atoms with van der Waals surface area (Å²) in [4.78, 5) is 0. The van der Waals surface area contributed by atoms with Gasteiger partial charge in [0, 0.05) is 17.3 Å². The van der Waals surface area contributed by atoms with Crippen LogP contribution in [0.5, 0.6) is 5.75 Å². The molecule has 0 spiro atoms. The van der Waals surface area contributed by atoms with E-state index < -0.39 is 0 Å². The van der Waals surface area contributed by atoms with Gasteiger partial charge in [-0.3, -0.25) is 0 Å². The molecule has 0 amide bonds. The van der Waals surface area contributed by atoms with Crippen LogP contribution in [0, 0.1) is 18.8 Å². The highest BCUT2D eigenvalue weighted by molar-refractivity contribution is 6.30. The van der Waals surface area contributed by atoms with Crippen molar-refractivity contribution < 1.29 is 4.74 Å². The number of hydrogen-bond donors (Lipinski definition) is 0. The average Bonchev–Trinajstić information content (AvgIpc) is 2.47. The SMILES string of the molecule is Cc1ccc(OCc2cccc(Cl)c2)c(C#CCCCl)c1. The molecule has 0 aliphatic carbocycles. The van der Waals surface area contributed by atoms with E-state index in [2.05, 4.69) is 11.8 Å². The third kappa shape index (κ3) is 5.01. The smallest absolute Gasteiger partial charge is 0.135 e. The Morgan fingerprint density at radius 2 is 2.00 bits per heavy atom. The van der Waals surface area contributed by atoms with Gasteiger partial charge in [0.05, 0.1) is 5.56 Å². The number of rotatable bonds is 4. The van der Waals surface area contributed by atoms with Crippen LogP contribution in [0.4, 0.5) is 0 Å². The molecule has 0 fully saturated rings. The van der Waals surface area contributed by atoms with Crippen LogP contribution in [-0.4, -0.2) is 5.88 Å². The van der Waals surface area contributed by atoms with E-state index in [0.717, 1.165) is 22.4 Å². The highest BCUT2D eigenvalue weighted by Gasteiger charge is 2.03. The van der Waals surface area contributed by atoms with Gasteiger partial charge in [-0.15, -0.1) is 11.6 Å². The Balaban J connectivity index is 2.14. The van der Waals surface area contributed by atoms with Gasteiger partial charge in [0.2, 0.25) is 0 Å². The lowest BCUT2D eigenvalue weighted by Crippen LogP contribution is -1.97. The van der Waals surface area contributed by atoms with E-state index in [4.69, 9.17) is 27.9 Å². The summed E-state index contributed by atoms with van der Waals surface area (Å²) in [5.74, 6) is 7.48. The summed E-state index contributed by atoms with van der Waals surface area (Å²) in [5, 5.41) is 0.710. The lowest BCUT2D eigenvalue weighted by molar-refractivity contribution is 0.305. The molecule has 0 N–H and O–H groups in total. The van der Waals surface area contributed by atoms with Gasteiger partial charge in [-0.25, -0.2) is 0 Å². The lowest BCUT2D eigenvalue weighted by atomic mass is 10.1. The van der Waals surface area contributed by atoms with Gasteiger partial charge in [-0.05, 0) is 42.3 Å². The van der Waals surface area contributed by atoms with Crippen molar-refractivity contribution in [3.8, 4) is 17.6 Å². The fourth-order valence-corrected chi connectivity index (χ4v) is 2.17. The van der Waals surface area contributed by atoms with E-state index in [0.29, 0.717) is 23.9 Å². The summed E-state index contributed by atoms with van der Waals surface area (Å²) >= 11 is 11.6. The maximum atomic E-state index is 5.97. The third-order valence-electron chi connectivity index (χ3n) is 2.86. The van der Waals surface area contributed by atoms with Crippen LogP contribution in [0.1, 0.15) is 23.1 Å². The Bertz CT molecular complexity index is 668. The molecular formula is C18H16Cl2O. The molecule has 21 heavy (non-hydrogen) atoms. The van der Waals surface area contributed by atoms with Crippen molar-refractivity contribution in [2.45, 2.75) is 20.0 Å². The first-order chi connectivity index (χ1) is 10.2. The zero-order chi connectivity index (χ0) is 15.1. The average molecular weight is 319 g/mol. The fraction of sp³-hybridized carbons (Fsp3) is 0.222. The first-order valence-corrected chi connectivity index (χ1v) is 7.63. The van der Waals surface area contributed by atoms with Crippen LogP contribution in [0.2, 0.25) is 5.02 Å². The van der Waals surface area contributed by atoms with Gasteiger partial charge >= 0.3 is 0 Å². The Labute approximate surface area is 135 Å². The maximum Gasteiger partial charge on any atom is 0.135 e. The molecular weight excluding hydrogens is 303 g/mol. The number of halogens is 2. The van der Waals surface area contributed by atoms with Gasteiger partial charge in [0.1, 0.15) is 12.4 Å². The van der Waals surface area contributed by atoms with Crippen molar-refractivity contribution in [2.75, 3.05) is 5.88 Å². The Kier molecular flexibility index (Phi) is 5.99. The molecule has 0 radical (unpaired) electrons. The molecule has 0 atom stereocenters. The molecule has 0 aliphatic heterocycles. The van der Waals surface area contributed by atoms with Crippen LogP contribution >= 0.6 is 23.2 Å². The predicted molar refractivity (Wildman–Crippen MR) is 89.2 cm³/mol. The Morgan fingerprint density at radius 3 is 2.76 bits per heavy atom. The van der Waals surface area contributed by atoms with Crippen LogP contribution in [0.15, 0.2) is 42.5 Å². The third-order valence-corrected chi connectivity index (χ3v) is 3.29. The van der Waals surface area contributed by atoms with Crippen LogP contribution in [0.3, 0.4) is 0 Å². The monoisotopic (exact) mass is 318 g/mol. The van der Waals surface area contributed by atoms with Gasteiger partial charge in [0.15, 0.2) is 0 Å². The minimum absolute atomic E-state index is 0.466. The van der Waals surface area contributed by atoms with Gasteiger partial charge < -0.3 is 4.74 Å². The Hall–Kier alpha value is -1.62. The quantitative estimate of drug-likeness (QED) is 0.555. The van der Waals surface area contributed by atoms with E-state index in [1.54, 1.807) is 0 Å². The first-order valence-electron chi connectivity index (χ1n) is 6.72. The van der Waals surface area contributed by atoms with Crippen molar-refractivity contribution >= 4 is 23.2 Å². The largest absolute Gasteiger partial charge is 0.488 e. The van der Waals surface area contributed by atoms with Gasteiger partial charge in [-0.2, -0.15) is 0 Å². The molecule has 0 bridgehead atoms. The molecule has 108 valence electrons. The predicted octanol–water partition coefficient (Wildman–Crippen LogP) is 5.21. The zero-order valence-electron chi connectivity index (χ0n) is 11.8. The van der Waals surface area contributed by atoms with Crippen LogP contribution < -0.4 is 4.74 Å². The van der Waals surface area contributed by atoms with Crippen LogP contribution in [0.25, 0.3) is 0 Å². The molecule has 1 nitrogen and oxygen atoms in total. The van der Waals surface area contributed by atoms with Crippen molar-refractivity contribution in [2.24, 2.45) is 0 Å². The molecule has 0 heterocycles. The molecule has 3 heteroatoms. The second-order valence-corrected chi connectivity index (χ2v) is 5.47. The van der Waals surface area contributed by atoms with Gasteiger partial charge in [-0.1, -0.05) is 41.6 Å². The first kappa shape index (κ1) is 15.8. The summed E-state index contributed by atoms with van der Waals surface area (Å²) in [5.41, 5.74) is 3.07. The highest BCUT2D eigenvalue weighted by atomic mass is 35.5. The summed E-state index contributed by atoms with van der Waals surface area (Å²) in [6.45, 7) is 2.50. The number of benzene rings is 2. The standard InChI is InChI=1S/C18H16Cl2O/c1-14-8-9-18(16(11-14)6-2-3-10-19)21-13-15-5-4-7-17(20)12-15/h4-5,7-9,11-12H,3,10,13H2,1H3. The number of alkyl halides is 1. The molecule has 0 aromatic heterocycles. The summed E-state index contributed by atoms with van der Waals surface area (Å²) in [6, 6.07) is 13.6. The minimum atomic E-state index is 0.466. The van der Waals surface area contributed by atoms with Crippen molar-refractivity contribution in [3.63, 3.8) is 0 Å². The molecule has 0 saturated heterocycles. The van der Waals surface area contributed by atoms with Crippen molar-refractivity contribution in [3.05, 3.63) is 64.2 Å². The second kappa shape index (κ2) is 7.98. The Morgan fingerprint density at radius 1 is 1.14 bits per heavy atom. The molecule has 0 saturated carbocycles. The number of aryl methyl sites for hydroxylation is 1. The zero-order valence-corrected chi connectivity index (χ0v) is 13.3. The van der Waals surface area contributed by atoms with E-state index in [9.17, 15) is 0 Å². The second-order valence-electron chi connectivity index (χ2n) is 4.66. The summed E-state index contributed by atoms with van der Waals surface area (Å²) < 4.78 is 5.87. The minimum Gasteiger partial charge on any atom is -0.488 e. The number of ether oxygens (including phenoxy) is 1. The van der Waals surface area contributed by atoms with E-state index in [1.807, 2.05) is 49.4 Å². The molecule has 0 unspecified atom stereocenters. The van der Waals surface area contributed by atoms with Gasteiger partial charge in [0.25, 0.3) is 0 Å². The van der Waals surface area contributed by atoms with Crippen molar-refractivity contribution in [1.29, 1.82) is 0 Å². The fourth-order valence-electron chi connectivity index (χ4n) is 1.86. The highest BCUT2D eigenvalue weighted by Crippen LogP contribution is 2.21. The summed E-state index contributed by atoms with van der Waals surface area (Å²) in [6.07, 6.45) is 0.670. The van der Waals surface area contributed by atoms with E-state index >= 15 is 0 Å². The topological polar surface area (TPSA) is 9.23 Å². The van der Waals surface area contributed by atoms with Crippen molar-refractivity contribution in [1.82, 2.24) is 0 Å². The lowest BCUT2D eigenvalue weighted by Gasteiger charge is -2.09. The van der Waals surface area contributed by atoms with E-state index in [1.165, 1.54) is 0 Å². The molecule has 2 aromatic rings. The molecule has 2 aromatic carbocycles. The number of hydrogen-bond acceptors (Lipinski definition) is 1. The normalized spacial score (nSPS) is 9.86. The molecule has 0 aliphatic rings. The van der Waals surface area contributed by atoms with E-state index in [-0.39, 0.29) is 0 Å².